The molecule has 2 atom stereocenters. The number of rotatable bonds is 3. The lowest BCUT2D eigenvalue weighted by Gasteiger charge is -2.19. The molecule has 2 nitrogen and oxygen atoms in total. The Balaban J connectivity index is 1.90. The highest BCUT2D eigenvalue weighted by Crippen LogP contribution is 2.40. The van der Waals surface area contributed by atoms with Crippen molar-refractivity contribution in [2.45, 2.75) is 31.3 Å². The first-order chi connectivity index (χ1) is 9.66. The molecular formula is C16H15F2NO. The third kappa shape index (κ3) is 2.31. The molecule has 4 heteroatoms. The molecule has 0 spiro atoms. The van der Waals surface area contributed by atoms with Crippen molar-refractivity contribution in [1.82, 2.24) is 4.98 Å². The van der Waals surface area contributed by atoms with E-state index in [1.165, 1.54) is 12.1 Å². The molecule has 0 radical (unpaired) electrons. The number of fused-ring (bicyclic) bond motifs is 1. The molecule has 0 aliphatic heterocycles. The van der Waals surface area contributed by atoms with Gasteiger partial charge < -0.3 is 5.11 Å². The van der Waals surface area contributed by atoms with Crippen molar-refractivity contribution < 1.29 is 13.9 Å². The van der Waals surface area contributed by atoms with Gasteiger partial charge in [0, 0.05) is 23.4 Å². The summed E-state index contributed by atoms with van der Waals surface area (Å²) in [6, 6.07) is 9.90. The third-order valence-corrected chi connectivity index (χ3v) is 3.89. The van der Waals surface area contributed by atoms with Crippen LogP contribution in [0.2, 0.25) is 0 Å². The number of nitrogens with zero attached hydrogens (tertiary/aromatic N) is 1. The minimum atomic E-state index is -2.52. The smallest absolute Gasteiger partial charge is 0.263 e. The summed E-state index contributed by atoms with van der Waals surface area (Å²) in [5.41, 5.74) is 2.51. The Labute approximate surface area is 116 Å². The summed E-state index contributed by atoms with van der Waals surface area (Å²) >= 11 is 0. The first-order valence-corrected chi connectivity index (χ1v) is 6.66. The van der Waals surface area contributed by atoms with Crippen LogP contribution in [0.15, 0.2) is 42.6 Å². The van der Waals surface area contributed by atoms with E-state index >= 15 is 0 Å². The molecule has 1 heterocycles. The fraction of sp³-hybridized carbons (Fsp3) is 0.312. The number of halogens is 2. The van der Waals surface area contributed by atoms with E-state index < -0.39 is 12.5 Å². The SMILES string of the molecule is OC(c1cccc(C(F)F)c1)C1CCc2cccnc21. The van der Waals surface area contributed by atoms with Crippen LogP contribution in [0.4, 0.5) is 8.78 Å². The van der Waals surface area contributed by atoms with Crippen molar-refractivity contribution in [3.8, 4) is 0 Å². The lowest BCUT2D eigenvalue weighted by Crippen LogP contribution is -2.09. The predicted octanol–water partition coefficient (Wildman–Crippen LogP) is 3.78. The number of aliphatic hydroxyl groups excluding tert-OH is 1. The van der Waals surface area contributed by atoms with Crippen LogP contribution in [0.1, 0.15) is 47.3 Å². The number of hydrogen-bond donors (Lipinski definition) is 1. The molecule has 1 aromatic heterocycles. The van der Waals surface area contributed by atoms with Crippen LogP contribution in [-0.2, 0) is 6.42 Å². The van der Waals surface area contributed by atoms with Gasteiger partial charge in [-0.1, -0.05) is 24.3 Å². The monoisotopic (exact) mass is 275 g/mol. The Morgan fingerprint density at radius 1 is 1.15 bits per heavy atom. The normalized spacial score (nSPS) is 19.1. The minimum Gasteiger partial charge on any atom is -0.388 e. The molecule has 1 aliphatic rings. The zero-order chi connectivity index (χ0) is 14.1. The van der Waals surface area contributed by atoms with Crippen molar-refractivity contribution in [3.05, 3.63) is 65.0 Å². The van der Waals surface area contributed by atoms with Crippen molar-refractivity contribution in [3.63, 3.8) is 0 Å². The third-order valence-electron chi connectivity index (χ3n) is 3.89. The van der Waals surface area contributed by atoms with Crippen LogP contribution < -0.4 is 0 Å². The molecule has 1 aromatic carbocycles. The molecule has 0 fully saturated rings. The summed E-state index contributed by atoms with van der Waals surface area (Å²) in [7, 11) is 0. The zero-order valence-electron chi connectivity index (χ0n) is 10.8. The molecule has 104 valence electrons. The second-order valence-corrected chi connectivity index (χ2v) is 5.11. The first-order valence-electron chi connectivity index (χ1n) is 6.66. The number of aromatic nitrogens is 1. The van der Waals surface area contributed by atoms with E-state index in [2.05, 4.69) is 4.98 Å². The summed E-state index contributed by atoms with van der Waals surface area (Å²) in [6.07, 6.45) is 0.0756. The quantitative estimate of drug-likeness (QED) is 0.924. The van der Waals surface area contributed by atoms with Crippen LogP contribution >= 0.6 is 0 Å². The van der Waals surface area contributed by atoms with Crippen LogP contribution in [0.3, 0.4) is 0 Å². The number of aliphatic hydroxyl groups is 1. The fourth-order valence-electron chi connectivity index (χ4n) is 2.86. The van der Waals surface area contributed by atoms with Crippen LogP contribution in [0, 0.1) is 0 Å². The second kappa shape index (κ2) is 5.29. The van der Waals surface area contributed by atoms with Gasteiger partial charge in [-0.25, -0.2) is 8.78 Å². The van der Waals surface area contributed by atoms with E-state index in [0.717, 1.165) is 24.1 Å². The van der Waals surface area contributed by atoms with Gasteiger partial charge in [-0.3, -0.25) is 4.98 Å². The Bertz CT molecular complexity index is 615. The average Bonchev–Trinajstić information content (AvgIpc) is 2.90. The second-order valence-electron chi connectivity index (χ2n) is 5.11. The zero-order valence-corrected chi connectivity index (χ0v) is 10.8. The molecule has 1 N–H and O–H groups in total. The molecular weight excluding hydrogens is 260 g/mol. The number of pyridine rings is 1. The van der Waals surface area contributed by atoms with Crippen molar-refractivity contribution in [2.75, 3.05) is 0 Å². The van der Waals surface area contributed by atoms with E-state index in [0.29, 0.717) is 5.56 Å². The summed E-state index contributed by atoms with van der Waals surface area (Å²) in [6.45, 7) is 0. The Morgan fingerprint density at radius 2 is 1.95 bits per heavy atom. The van der Waals surface area contributed by atoms with Crippen molar-refractivity contribution in [1.29, 1.82) is 0 Å². The molecule has 1 aliphatic carbocycles. The molecule has 20 heavy (non-hydrogen) atoms. The highest BCUT2D eigenvalue weighted by molar-refractivity contribution is 5.34. The fourth-order valence-corrected chi connectivity index (χ4v) is 2.86. The van der Waals surface area contributed by atoms with Gasteiger partial charge in [0.15, 0.2) is 0 Å². The molecule has 2 unspecified atom stereocenters. The summed E-state index contributed by atoms with van der Waals surface area (Å²) in [5, 5.41) is 10.5. The molecule has 2 aromatic rings. The van der Waals surface area contributed by atoms with Crippen LogP contribution in [0.25, 0.3) is 0 Å². The maximum absolute atomic E-state index is 12.7. The van der Waals surface area contributed by atoms with Gasteiger partial charge in [0.25, 0.3) is 6.43 Å². The van der Waals surface area contributed by atoms with Crippen LogP contribution in [-0.4, -0.2) is 10.1 Å². The number of alkyl halides is 2. The Morgan fingerprint density at radius 3 is 2.75 bits per heavy atom. The number of benzene rings is 1. The van der Waals surface area contributed by atoms with Gasteiger partial charge in [0.2, 0.25) is 0 Å². The van der Waals surface area contributed by atoms with E-state index in [4.69, 9.17) is 0 Å². The standard InChI is InChI=1S/C16H15F2NO/c17-16(18)12-4-1-3-11(9-12)15(20)13-7-6-10-5-2-8-19-14(10)13/h1-5,8-9,13,15-16,20H,6-7H2. The summed E-state index contributed by atoms with van der Waals surface area (Å²) in [4.78, 5) is 4.34. The van der Waals surface area contributed by atoms with E-state index in [1.807, 2.05) is 12.1 Å². The molecule has 0 saturated carbocycles. The predicted molar refractivity (Wildman–Crippen MR) is 71.7 cm³/mol. The molecule has 0 bridgehead atoms. The van der Waals surface area contributed by atoms with Gasteiger partial charge in [-0.15, -0.1) is 0 Å². The van der Waals surface area contributed by atoms with Gasteiger partial charge >= 0.3 is 0 Å². The van der Waals surface area contributed by atoms with E-state index in [1.54, 1.807) is 18.3 Å². The van der Waals surface area contributed by atoms with Gasteiger partial charge in [0.1, 0.15) is 0 Å². The highest BCUT2D eigenvalue weighted by Gasteiger charge is 2.30. The van der Waals surface area contributed by atoms with Gasteiger partial charge in [-0.05, 0) is 36.1 Å². The molecule has 0 saturated heterocycles. The Kier molecular flexibility index (Phi) is 3.49. The van der Waals surface area contributed by atoms with Crippen molar-refractivity contribution in [2.24, 2.45) is 0 Å². The average molecular weight is 275 g/mol. The maximum atomic E-state index is 12.7. The Hall–Kier alpha value is -1.81. The topological polar surface area (TPSA) is 33.1 Å². The largest absolute Gasteiger partial charge is 0.388 e. The lowest BCUT2D eigenvalue weighted by molar-refractivity contribution is 0.139. The lowest BCUT2D eigenvalue weighted by atomic mass is 9.92. The minimum absolute atomic E-state index is 0.0548. The highest BCUT2D eigenvalue weighted by atomic mass is 19.3. The first kappa shape index (κ1) is 13.2. The molecule has 0 amide bonds. The van der Waals surface area contributed by atoms with Gasteiger partial charge in [0.05, 0.1) is 6.10 Å². The molecule has 3 rings (SSSR count). The number of aryl methyl sites for hydroxylation is 1. The summed E-state index contributed by atoms with van der Waals surface area (Å²) in [5.74, 6) is -0.112. The maximum Gasteiger partial charge on any atom is 0.263 e. The van der Waals surface area contributed by atoms with Crippen molar-refractivity contribution >= 4 is 0 Å². The van der Waals surface area contributed by atoms with Crippen LogP contribution in [0.5, 0.6) is 0 Å². The summed E-state index contributed by atoms with van der Waals surface area (Å²) < 4.78 is 25.5. The number of hydrogen-bond acceptors (Lipinski definition) is 2. The van der Waals surface area contributed by atoms with E-state index in [-0.39, 0.29) is 11.5 Å². The van der Waals surface area contributed by atoms with E-state index in [9.17, 15) is 13.9 Å². The van der Waals surface area contributed by atoms with Gasteiger partial charge in [-0.2, -0.15) is 0 Å².